The fourth-order valence-corrected chi connectivity index (χ4v) is 1.48. The van der Waals surface area contributed by atoms with E-state index in [1.807, 2.05) is 6.92 Å². The maximum absolute atomic E-state index is 6.05. The second kappa shape index (κ2) is 4.83. The fourth-order valence-electron chi connectivity index (χ4n) is 1.48. The Kier molecular flexibility index (Phi) is 3.73. The first-order chi connectivity index (χ1) is 6.65. The van der Waals surface area contributed by atoms with Crippen molar-refractivity contribution in [1.82, 2.24) is 0 Å². The molecule has 0 radical (unpaired) electrons. The molecule has 0 heterocycles. The molecule has 0 aliphatic carbocycles. The van der Waals surface area contributed by atoms with Crippen molar-refractivity contribution in [2.24, 2.45) is 5.73 Å². The summed E-state index contributed by atoms with van der Waals surface area (Å²) in [4.78, 5) is 0. The molecule has 0 saturated carbocycles. The van der Waals surface area contributed by atoms with Crippen molar-refractivity contribution in [2.45, 2.75) is 33.2 Å². The summed E-state index contributed by atoms with van der Waals surface area (Å²) in [6, 6.07) is 6.42. The number of nitrogens with two attached hydrogens (primary N) is 1. The number of hydrogen-bond acceptors (Lipinski definition) is 1. The van der Waals surface area contributed by atoms with E-state index in [0.717, 1.165) is 6.42 Å². The highest BCUT2D eigenvalue weighted by molar-refractivity contribution is 5.33. The minimum absolute atomic E-state index is 0.0438. The molecular weight excluding hydrogens is 170 g/mol. The molecule has 0 aromatic heterocycles. The van der Waals surface area contributed by atoms with Gasteiger partial charge in [-0.3, -0.25) is 0 Å². The van der Waals surface area contributed by atoms with Gasteiger partial charge in [-0.15, -0.1) is 11.8 Å². The summed E-state index contributed by atoms with van der Waals surface area (Å²) in [6.07, 6.45) is 0.737. The Morgan fingerprint density at radius 1 is 1.36 bits per heavy atom. The van der Waals surface area contributed by atoms with Crippen LogP contribution in [0, 0.1) is 25.7 Å². The van der Waals surface area contributed by atoms with Crippen LogP contribution in [0.2, 0.25) is 0 Å². The van der Waals surface area contributed by atoms with Crippen LogP contribution in [0.25, 0.3) is 0 Å². The maximum Gasteiger partial charge on any atom is 0.0408 e. The largest absolute Gasteiger partial charge is 0.323 e. The Bertz CT molecular complexity index is 369. The molecule has 14 heavy (non-hydrogen) atoms. The molecule has 0 aliphatic rings. The van der Waals surface area contributed by atoms with Gasteiger partial charge in [-0.05, 0) is 31.9 Å². The van der Waals surface area contributed by atoms with Gasteiger partial charge in [-0.25, -0.2) is 0 Å². The molecule has 0 aliphatic heterocycles. The lowest BCUT2D eigenvalue weighted by Gasteiger charge is -2.12. The van der Waals surface area contributed by atoms with Gasteiger partial charge < -0.3 is 5.73 Å². The molecule has 0 saturated heterocycles. The second-order valence-corrected chi connectivity index (χ2v) is 3.60. The summed E-state index contributed by atoms with van der Waals surface area (Å²) < 4.78 is 0. The zero-order valence-corrected chi connectivity index (χ0v) is 9.09. The van der Waals surface area contributed by atoms with E-state index in [4.69, 9.17) is 5.73 Å². The topological polar surface area (TPSA) is 26.0 Å². The van der Waals surface area contributed by atoms with E-state index in [2.05, 4.69) is 43.9 Å². The third kappa shape index (κ3) is 2.61. The van der Waals surface area contributed by atoms with E-state index in [-0.39, 0.29) is 6.04 Å². The monoisotopic (exact) mass is 187 g/mol. The van der Waals surface area contributed by atoms with Crippen LogP contribution in [0.3, 0.4) is 0 Å². The van der Waals surface area contributed by atoms with Gasteiger partial charge in [0.1, 0.15) is 0 Å². The van der Waals surface area contributed by atoms with Gasteiger partial charge in [-0.1, -0.05) is 23.8 Å². The van der Waals surface area contributed by atoms with Crippen LogP contribution >= 0.6 is 0 Å². The highest BCUT2D eigenvalue weighted by atomic mass is 14.6. The van der Waals surface area contributed by atoms with E-state index in [1.165, 1.54) is 16.7 Å². The van der Waals surface area contributed by atoms with Crippen molar-refractivity contribution in [3.05, 3.63) is 34.9 Å². The van der Waals surface area contributed by atoms with Gasteiger partial charge in [-0.2, -0.15) is 0 Å². The Morgan fingerprint density at radius 2 is 2.07 bits per heavy atom. The minimum Gasteiger partial charge on any atom is -0.323 e. The molecule has 1 nitrogen and oxygen atoms in total. The van der Waals surface area contributed by atoms with Gasteiger partial charge in [0.15, 0.2) is 0 Å². The molecule has 1 atom stereocenters. The first kappa shape index (κ1) is 10.8. The third-order valence-corrected chi connectivity index (χ3v) is 2.33. The summed E-state index contributed by atoms with van der Waals surface area (Å²) in [5, 5.41) is 0. The van der Waals surface area contributed by atoms with Gasteiger partial charge in [0.2, 0.25) is 0 Å². The Balaban J connectivity index is 2.91. The van der Waals surface area contributed by atoms with Crippen LogP contribution in [0.1, 0.15) is 36.1 Å². The average molecular weight is 187 g/mol. The van der Waals surface area contributed by atoms with Gasteiger partial charge in [0, 0.05) is 12.5 Å². The number of aryl methyl sites for hydroxylation is 2. The number of benzene rings is 1. The van der Waals surface area contributed by atoms with Crippen LogP contribution in [0.15, 0.2) is 18.2 Å². The van der Waals surface area contributed by atoms with Crippen molar-refractivity contribution in [2.75, 3.05) is 0 Å². The quantitative estimate of drug-likeness (QED) is 0.708. The van der Waals surface area contributed by atoms with E-state index in [0.29, 0.717) is 0 Å². The molecule has 1 rings (SSSR count). The summed E-state index contributed by atoms with van der Waals surface area (Å²) in [5.41, 5.74) is 9.77. The van der Waals surface area contributed by atoms with Crippen LogP contribution in [-0.2, 0) is 0 Å². The molecule has 0 fully saturated rings. The number of hydrogen-bond donors (Lipinski definition) is 1. The van der Waals surface area contributed by atoms with Gasteiger partial charge >= 0.3 is 0 Å². The lowest BCUT2D eigenvalue weighted by molar-refractivity contribution is 0.747. The van der Waals surface area contributed by atoms with Crippen LogP contribution in [-0.4, -0.2) is 0 Å². The zero-order chi connectivity index (χ0) is 10.6. The first-order valence-electron chi connectivity index (χ1n) is 4.87. The summed E-state index contributed by atoms with van der Waals surface area (Å²) in [5.74, 6) is 5.89. The average Bonchev–Trinajstić information content (AvgIpc) is 2.18. The lowest BCUT2D eigenvalue weighted by atomic mass is 9.98. The van der Waals surface area contributed by atoms with Gasteiger partial charge in [0.25, 0.3) is 0 Å². The van der Waals surface area contributed by atoms with E-state index < -0.39 is 0 Å². The van der Waals surface area contributed by atoms with Crippen molar-refractivity contribution < 1.29 is 0 Å². The molecule has 0 bridgehead atoms. The molecule has 74 valence electrons. The second-order valence-electron chi connectivity index (χ2n) is 3.60. The summed E-state index contributed by atoms with van der Waals surface area (Å²) >= 11 is 0. The summed E-state index contributed by atoms with van der Waals surface area (Å²) in [7, 11) is 0. The molecule has 1 heteroatoms. The molecular formula is C13H17N. The normalized spacial score (nSPS) is 11.7. The van der Waals surface area contributed by atoms with Gasteiger partial charge in [0.05, 0.1) is 0 Å². The molecule has 2 N–H and O–H groups in total. The molecule has 1 unspecified atom stereocenters. The Morgan fingerprint density at radius 3 is 2.71 bits per heavy atom. The molecule has 0 amide bonds. The Labute approximate surface area is 86.3 Å². The SMILES string of the molecule is CC#CCC(N)c1cc(C)ccc1C. The van der Waals surface area contributed by atoms with Crippen LogP contribution in [0.4, 0.5) is 0 Å². The predicted octanol–water partition coefficient (Wildman–Crippen LogP) is 2.72. The molecule has 1 aromatic carbocycles. The van der Waals surface area contributed by atoms with Crippen molar-refractivity contribution in [3.63, 3.8) is 0 Å². The van der Waals surface area contributed by atoms with E-state index in [9.17, 15) is 0 Å². The van der Waals surface area contributed by atoms with Crippen molar-refractivity contribution in [1.29, 1.82) is 0 Å². The Hall–Kier alpha value is -1.26. The predicted molar refractivity (Wildman–Crippen MR) is 60.9 cm³/mol. The minimum atomic E-state index is 0.0438. The van der Waals surface area contributed by atoms with Crippen molar-refractivity contribution >= 4 is 0 Å². The number of rotatable bonds is 2. The fraction of sp³-hybridized carbons (Fsp3) is 0.385. The summed E-state index contributed by atoms with van der Waals surface area (Å²) in [6.45, 7) is 6.02. The van der Waals surface area contributed by atoms with E-state index in [1.54, 1.807) is 0 Å². The smallest absolute Gasteiger partial charge is 0.0408 e. The van der Waals surface area contributed by atoms with E-state index >= 15 is 0 Å². The maximum atomic E-state index is 6.05. The first-order valence-corrected chi connectivity index (χ1v) is 4.87. The van der Waals surface area contributed by atoms with Crippen LogP contribution in [0.5, 0.6) is 0 Å². The van der Waals surface area contributed by atoms with Crippen molar-refractivity contribution in [3.8, 4) is 11.8 Å². The highest BCUT2D eigenvalue weighted by Gasteiger charge is 2.07. The molecule has 1 aromatic rings. The zero-order valence-electron chi connectivity index (χ0n) is 9.09. The van der Waals surface area contributed by atoms with Crippen LogP contribution < -0.4 is 5.73 Å². The lowest BCUT2D eigenvalue weighted by Crippen LogP contribution is -2.11. The highest BCUT2D eigenvalue weighted by Crippen LogP contribution is 2.19. The standard InChI is InChI=1S/C13H17N/c1-4-5-6-13(14)12-9-10(2)7-8-11(12)3/h7-9,13H,6,14H2,1-3H3. The molecule has 0 spiro atoms. The third-order valence-electron chi connectivity index (χ3n) is 2.33.